The molecule has 0 aliphatic carbocycles. The zero-order valence-electron chi connectivity index (χ0n) is 10.8. The van der Waals surface area contributed by atoms with E-state index in [-0.39, 0.29) is 6.42 Å². The number of hydrogen-bond donors (Lipinski definition) is 0. The number of methoxy groups -OCH3 is 1. The fourth-order valence-electron chi connectivity index (χ4n) is 1.96. The number of hydrogen-bond acceptors (Lipinski definition) is 4. The van der Waals surface area contributed by atoms with Crippen LogP contribution >= 0.6 is 0 Å². The summed E-state index contributed by atoms with van der Waals surface area (Å²) in [4.78, 5) is 11.8. The number of nitriles is 1. The van der Waals surface area contributed by atoms with Crippen molar-refractivity contribution >= 4 is 5.97 Å². The monoisotopic (exact) mass is 255 g/mol. The molecule has 0 aliphatic heterocycles. The molecule has 0 unspecified atom stereocenters. The highest BCUT2D eigenvalue weighted by atomic mass is 16.5. The van der Waals surface area contributed by atoms with Crippen LogP contribution in [0, 0.1) is 18.3 Å². The Morgan fingerprint density at radius 2 is 2.11 bits per heavy atom. The summed E-state index contributed by atoms with van der Waals surface area (Å²) in [5.74, 6) is -0.468. The molecule has 0 radical (unpaired) electrons. The Kier molecular flexibility index (Phi) is 3.62. The lowest BCUT2D eigenvalue weighted by atomic mass is 10.1. The van der Waals surface area contributed by atoms with Crippen molar-refractivity contribution in [2.24, 2.45) is 0 Å². The van der Waals surface area contributed by atoms with Crippen LogP contribution in [0.25, 0.3) is 5.69 Å². The predicted molar refractivity (Wildman–Crippen MR) is 69.0 cm³/mol. The number of para-hydroxylation sites is 1. The van der Waals surface area contributed by atoms with Crippen molar-refractivity contribution < 1.29 is 9.53 Å². The zero-order chi connectivity index (χ0) is 13.8. The molecule has 0 fully saturated rings. The van der Waals surface area contributed by atoms with Crippen molar-refractivity contribution in [3.8, 4) is 11.8 Å². The Balaban J connectivity index is 2.63. The quantitative estimate of drug-likeness (QED) is 0.787. The van der Waals surface area contributed by atoms with E-state index in [1.165, 1.54) is 7.11 Å². The first-order valence-electron chi connectivity index (χ1n) is 5.78. The third kappa shape index (κ3) is 2.33. The molecule has 0 saturated heterocycles. The zero-order valence-corrected chi connectivity index (χ0v) is 10.8. The number of aryl methyl sites for hydroxylation is 1. The molecule has 0 amide bonds. The lowest BCUT2D eigenvalue weighted by molar-refractivity contribution is 0.0599. The van der Waals surface area contributed by atoms with Gasteiger partial charge in [-0.05, 0) is 19.1 Å². The van der Waals surface area contributed by atoms with Gasteiger partial charge in [0, 0.05) is 0 Å². The van der Waals surface area contributed by atoms with Gasteiger partial charge in [0.1, 0.15) is 5.56 Å². The molecule has 2 rings (SSSR count). The minimum atomic E-state index is -0.468. The van der Waals surface area contributed by atoms with Crippen molar-refractivity contribution in [3.05, 3.63) is 47.3 Å². The summed E-state index contributed by atoms with van der Waals surface area (Å²) in [7, 11) is 1.32. The van der Waals surface area contributed by atoms with Gasteiger partial charge < -0.3 is 4.74 Å². The van der Waals surface area contributed by atoms with E-state index in [4.69, 9.17) is 10.00 Å². The molecule has 5 nitrogen and oxygen atoms in total. The smallest absolute Gasteiger partial charge is 0.341 e. The van der Waals surface area contributed by atoms with Gasteiger partial charge in [0.2, 0.25) is 0 Å². The average molecular weight is 255 g/mol. The summed E-state index contributed by atoms with van der Waals surface area (Å²) >= 11 is 0. The number of rotatable bonds is 3. The predicted octanol–water partition coefficient (Wildman–Crippen LogP) is 2.03. The van der Waals surface area contributed by atoms with Crippen LogP contribution in [-0.4, -0.2) is 22.9 Å². The number of ether oxygens (including phenoxy) is 1. The number of carbonyl (C=O) groups is 1. The van der Waals surface area contributed by atoms with Crippen molar-refractivity contribution in [1.29, 1.82) is 5.26 Å². The third-order valence-corrected chi connectivity index (χ3v) is 2.79. The van der Waals surface area contributed by atoms with Crippen LogP contribution in [0.5, 0.6) is 0 Å². The van der Waals surface area contributed by atoms with Gasteiger partial charge in [0.15, 0.2) is 0 Å². The summed E-state index contributed by atoms with van der Waals surface area (Å²) in [6.45, 7) is 1.73. The van der Waals surface area contributed by atoms with Crippen molar-refractivity contribution in [1.82, 2.24) is 9.78 Å². The molecule has 0 bridgehead atoms. The molecule has 0 saturated carbocycles. The fourth-order valence-corrected chi connectivity index (χ4v) is 1.96. The number of benzene rings is 1. The van der Waals surface area contributed by atoms with Crippen molar-refractivity contribution in [2.75, 3.05) is 7.11 Å². The molecule has 1 heterocycles. The maximum Gasteiger partial charge on any atom is 0.341 e. The molecule has 96 valence electrons. The van der Waals surface area contributed by atoms with Crippen LogP contribution in [-0.2, 0) is 11.2 Å². The minimum Gasteiger partial charge on any atom is -0.465 e. The van der Waals surface area contributed by atoms with Gasteiger partial charge in [0.25, 0.3) is 0 Å². The first kappa shape index (κ1) is 12.8. The maximum absolute atomic E-state index is 11.8. The second-order valence-corrected chi connectivity index (χ2v) is 3.98. The maximum atomic E-state index is 11.8. The van der Waals surface area contributed by atoms with Crippen LogP contribution < -0.4 is 0 Å². The number of aromatic nitrogens is 2. The van der Waals surface area contributed by atoms with Crippen LogP contribution in [0.15, 0.2) is 30.3 Å². The van der Waals surface area contributed by atoms with Crippen LogP contribution in [0.1, 0.15) is 21.7 Å². The molecule has 1 aromatic heterocycles. The molecular weight excluding hydrogens is 242 g/mol. The Bertz CT molecular complexity index is 639. The fraction of sp³-hybridized carbons (Fsp3) is 0.214. The van der Waals surface area contributed by atoms with Gasteiger partial charge in [0.05, 0.1) is 36.7 Å². The normalized spacial score (nSPS) is 9.95. The van der Waals surface area contributed by atoms with Gasteiger partial charge in [-0.1, -0.05) is 18.2 Å². The van der Waals surface area contributed by atoms with E-state index in [0.717, 1.165) is 5.69 Å². The highest BCUT2D eigenvalue weighted by Gasteiger charge is 2.22. The standard InChI is InChI=1S/C14H13N3O2/c1-10-13(14(18)19-2)12(8-9-15)17(16-10)11-6-4-3-5-7-11/h3-7H,8H2,1-2H3. The first-order valence-corrected chi connectivity index (χ1v) is 5.78. The van der Waals surface area contributed by atoms with E-state index in [9.17, 15) is 4.79 Å². The molecule has 0 atom stereocenters. The highest BCUT2D eigenvalue weighted by Crippen LogP contribution is 2.20. The van der Waals surface area contributed by atoms with Gasteiger partial charge in [-0.15, -0.1) is 0 Å². The molecule has 1 aromatic carbocycles. The van der Waals surface area contributed by atoms with E-state index >= 15 is 0 Å². The number of esters is 1. The van der Waals surface area contributed by atoms with Crippen molar-refractivity contribution in [2.45, 2.75) is 13.3 Å². The lowest BCUT2D eigenvalue weighted by Crippen LogP contribution is -2.08. The Labute approximate surface area is 111 Å². The van der Waals surface area contributed by atoms with Gasteiger partial charge in [-0.3, -0.25) is 0 Å². The van der Waals surface area contributed by atoms with E-state index in [0.29, 0.717) is 17.0 Å². The highest BCUT2D eigenvalue weighted by molar-refractivity contribution is 5.92. The summed E-state index contributed by atoms with van der Waals surface area (Å²) in [6.07, 6.45) is 0.0974. The number of nitrogens with zero attached hydrogens (tertiary/aromatic N) is 3. The van der Waals surface area contributed by atoms with Crippen LogP contribution in [0.3, 0.4) is 0 Å². The SMILES string of the molecule is COC(=O)c1c(C)nn(-c2ccccc2)c1CC#N. The largest absolute Gasteiger partial charge is 0.465 e. The summed E-state index contributed by atoms with van der Waals surface area (Å²) in [5.41, 5.74) is 2.29. The van der Waals surface area contributed by atoms with Crippen molar-refractivity contribution in [3.63, 3.8) is 0 Å². The minimum absolute atomic E-state index is 0.0974. The number of carbonyl (C=O) groups excluding carboxylic acids is 1. The Hall–Kier alpha value is -2.61. The molecule has 0 spiro atoms. The van der Waals surface area contributed by atoms with E-state index in [1.54, 1.807) is 11.6 Å². The summed E-state index contributed by atoms with van der Waals surface area (Å²) in [6, 6.07) is 11.4. The summed E-state index contributed by atoms with van der Waals surface area (Å²) in [5, 5.41) is 13.3. The van der Waals surface area contributed by atoms with E-state index in [1.807, 2.05) is 30.3 Å². The van der Waals surface area contributed by atoms with Gasteiger partial charge in [-0.2, -0.15) is 10.4 Å². The first-order chi connectivity index (χ1) is 9.19. The lowest BCUT2D eigenvalue weighted by Gasteiger charge is -2.05. The average Bonchev–Trinajstić information content (AvgIpc) is 2.76. The summed E-state index contributed by atoms with van der Waals surface area (Å²) < 4.78 is 6.37. The van der Waals surface area contributed by atoms with E-state index < -0.39 is 5.97 Å². The van der Waals surface area contributed by atoms with Crippen LogP contribution in [0.2, 0.25) is 0 Å². The van der Waals surface area contributed by atoms with E-state index in [2.05, 4.69) is 11.2 Å². The molecular formula is C14H13N3O2. The second-order valence-electron chi connectivity index (χ2n) is 3.98. The molecule has 5 heteroatoms. The van der Waals surface area contributed by atoms with Gasteiger partial charge >= 0.3 is 5.97 Å². The van der Waals surface area contributed by atoms with Gasteiger partial charge in [-0.25, -0.2) is 9.48 Å². The molecule has 19 heavy (non-hydrogen) atoms. The second kappa shape index (κ2) is 5.36. The molecule has 2 aromatic rings. The Morgan fingerprint density at radius 1 is 1.42 bits per heavy atom. The topological polar surface area (TPSA) is 67.9 Å². The van der Waals surface area contributed by atoms with Crippen LogP contribution in [0.4, 0.5) is 0 Å². The molecule has 0 N–H and O–H groups in total. The third-order valence-electron chi connectivity index (χ3n) is 2.79. The molecule has 0 aliphatic rings. The Morgan fingerprint density at radius 3 is 2.68 bits per heavy atom.